The summed E-state index contributed by atoms with van der Waals surface area (Å²) < 4.78 is 6.46. The SMILES string of the molecule is c1ccc(-c2cc(CC3=NC[C@@]4(CN5CCC4CC5)O3)ccn2)cc1. The summed E-state index contributed by atoms with van der Waals surface area (Å²) in [6.45, 7) is 4.35. The van der Waals surface area contributed by atoms with Crippen LogP contribution in [-0.2, 0) is 11.2 Å². The summed E-state index contributed by atoms with van der Waals surface area (Å²) in [6.07, 6.45) is 5.17. The standard InChI is InChI=1S/C21H23N3O/c1-2-4-17(5-3-1)19-12-16(6-9-22-19)13-20-23-14-21(25-20)15-24-10-7-18(21)8-11-24/h1-6,9,12,18H,7-8,10-11,13-15H2/t21-/m0/s1. The highest BCUT2D eigenvalue weighted by Crippen LogP contribution is 2.41. The zero-order valence-corrected chi connectivity index (χ0v) is 14.4. The van der Waals surface area contributed by atoms with Crippen molar-refractivity contribution < 1.29 is 4.74 Å². The molecule has 128 valence electrons. The minimum absolute atomic E-state index is 0.0406. The van der Waals surface area contributed by atoms with Crippen LogP contribution in [0, 0.1) is 5.92 Å². The van der Waals surface area contributed by atoms with Gasteiger partial charge >= 0.3 is 0 Å². The maximum absolute atomic E-state index is 6.46. The third-order valence-electron chi connectivity index (χ3n) is 5.92. The van der Waals surface area contributed by atoms with Gasteiger partial charge in [0.05, 0.1) is 12.2 Å². The molecule has 5 heterocycles. The molecule has 0 amide bonds. The normalized spacial score (nSPS) is 30.3. The molecule has 4 aliphatic heterocycles. The van der Waals surface area contributed by atoms with E-state index in [1.165, 1.54) is 31.5 Å². The molecule has 0 radical (unpaired) electrons. The highest BCUT2D eigenvalue weighted by atomic mass is 16.5. The number of hydrogen-bond acceptors (Lipinski definition) is 4. The van der Waals surface area contributed by atoms with E-state index < -0.39 is 0 Å². The van der Waals surface area contributed by atoms with Gasteiger partial charge in [-0.05, 0) is 43.6 Å². The molecule has 2 aromatic rings. The summed E-state index contributed by atoms with van der Waals surface area (Å²) in [7, 11) is 0. The first-order valence-corrected chi connectivity index (χ1v) is 9.26. The number of ether oxygens (including phenoxy) is 1. The Labute approximate surface area is 148 Å². The molecule has 2 bridgehead atoms. The van der Waals surface area contributed by atoms with Crippen LogP contribution in [0.4, 0.5) is 0 Å². The molecule has 1 aromatic carbocycles. The Balaban J connectivity index is 1.32. The maximum Gasteiger partial charge on any atom is 0.188 e. The first-order valence-electron chi connectivity index (χ1n) is 9.26. The number of benzene rings is 1. The molecule has 1 atom stereocenters. The van der Waals surface area contributed by atoms with Crippen molar-refractivity contribution in [3.05, 3.63) is 54.2 Å². The average molecular weight is 333 g/mol. The number of rotatable bonds is 3. The van der Waals surface area contributed by atoms with E-state index in [2.05, 4.69) is 34.1 Å². The molecule has 4 heteroatoms. The van der Waals surface area contributed by atoms with Gasteiger partial charge in [0.25, 0.3) is 0 Å². The van der Waals surface area contributed by atoms with Crippen molar-refractivity contribution >= 4 is 5.90 Å². The Hall–Kier alpha value is -2.20. The van der Waals surface area contributed by atoms with E-state index in [0.29, 0.717) is 5.92 Å². The largest absolute Gasteiger partial charge is 0.471 e. The van der Waals surface area contributed by atoms with Crippen LogP contribution in [-0.4, -0.2) is 47.6 Å². The fourth-order valence-corrected chi connectivity index (χ4v) is 4.56. The topological polar surface area (TPSA) is 37.7 Å². The molecule has 25 heavy (non-hydrogen) atoms. The fraction of sp³-hybridized carbons (Fsp3) is 0.429. The molecular formula is C21H23N3O. The predicted octanol–water partition coefficient (Wildman–Crippen LogP) is 3.18. The lowest BCUT2D eigenvalue weighted by Crippen LogP contribution is -2.60. The Morgan fingerprint density at radius 2 is 1.96 bits per heavy atom. The first kappa shape index (κ1) is 15.1. The molecule has 0 unspecified atom stereocenters. The van der Waals surface area contributed by atoms with Crippen molar-refractivity contribution in [2.75, 3.05) is 26.2 Å². The lowest BCUT2D eigenvalue weighted by molar-refractivity contribution is -0.0837. The second-order valence-electron chi connectivity index (χ2n) is 7.52. The summed E-state index contributed by atoms with van der Waals surface area (Å²) in [5.74, 6) is 1.58. The zero-order valence-electron chi connectivity index (χ0n) is 14.4. The van der Waals surface area contributed by atoms with E-state index >= 15 is 0 Å². The Kier molecular flexibility index (Phi) is 3.59. The highest BCUT2D eigenvalue weighted by molar-refractivity contribution is 5.81. The Morgan fingerprint density at radius 1 is 1.12 bits per heavy atom. The second-order valence-corrected chi connectivity index (χ2v) is 7.52. The molecule has 0 N–H and O–H groups in total. The van der Waals surface area contributed by atoms with E-state index in [9.17, 15) is 0 Å². The quantitative estimate of drug-likeness (QED) is 0.866. The van der Waals surface area contributed by atoms with Gasteiger partial charge in [-0.3, -0.25) is 14.9 Å². The van der Waals surface area contributed by atoms with Crippen LogP contribution in [0.3, 0.4) is 0 Å². The molecule has 3 fully saturated rings. The zero-order chi connectivity index (χ0) is 16.7. The molecule has 4 aliphatic rings. The van der Waals surface area contributed by atoms with Crippen molar-refractivity contribution in [1.82, 2.24) is 9.88 Å². The number of fused-ring (bicyclic) bond motifs is 2. The van der Waals surface area contributed by atoms with Gasteiger partial charge in [0.15, 0.2) is 5.90 Å². The molecule has 1 aromatic heterocycles. The van der Waals surface area contributed by atoms with Crippen molar-refractivity contribution in [2.24, 2.45) is 10.9 Å². The van der Waals surface area contributed by atoms with Gasteiger partial charge in [-0.1, -0.05) is 30.3 Å². The molecule has 1 spiro atoms. The van der Waals surface area contributed by atoms with Crippen molar-refractivity contribution in [1.29, 1.82) is 0 Å². The summed E-state index contributed by atoms with van der Waals surface area (Å²) in [6, 6.07) is 14.5. The Bertz CT molecular complexity index is 796. The molecule has 0 aliphatic carbocycles. The van der Waals surface area contributed by atoms with Gasteiger partial charge in [0.2, 0.25) is 0 Å². The van der Waals surface area contributed by atoms with Gasteiger partial charge in [0, 0.05) is 30.6 Å². The van der Waals surface area contributed by atoms with Crippen LogP contribution in [0.25, 0.3) is 11.3 Å². The Morgan fingerprint density at radius 3 is 2.72 bits per heavy atom. The van der Waals surface area contributed by atoms with Crippen LogP contribution in [0.5, 0.6) is 0 Å². The lowest BCUT2D eigenvalue weighted by atomic mass is 9.75. The van der Waals surface area contributed by atoms with E-state index in [4.69, 9.17) is 9.73 Å². The predicted molar refractivity (Wildman–Crippen MR) is 98.7 cm³/mol. The van der Waals surface area contributed by atoms with Crippen LogP contribution in [0.2, 0.25) is 0 Å². The molecule has 6 rings (SSSR count). The second kappa shape index (κ2) is 5.95. The molecular weight excluding hydrogens is 310 g/mol. The van der Waals surface area contributed by atoms with Crippen LogP contribution in [0.15, 0.2) is 53.7 Å². The minimum atomic E-state index is -0.0406. The number of hydrogen-bond donors (Lipinski definition) is 0. The molecule has 4 nitrogen and oxygen atoms in total. The summed E-state index contributed by atoms with van der Waals surface area (Å²) in [5, 5.41) is 0. The molecule has 3 saturated heterocycles. The number of piperidine rings is 3. The van der Waals surface area contributed by atoms with Gasteiger partial charge < -0.3 is 4.74 Å². The van der Waals surface area contributed by atoms with E-state index in [1.807, 2.05) is 24.4 Å². The fourth-order valence-electron chi connectivity index (χ4n) is 4.56. The number of aromatic nitrogens is 1. The number of pyridine rings is 1. The number of nitrogens with zero attached hydrogens (tertiary/aromatic N) is 3. The smallest absolute Gasteiger partial charge is 0.188 e. The third-order valence-corrected chi connectivity index (χ3v) is 5.92. The number of aliphatic imine (C=N–C) groups is 1. The van der Waals surface area contributed by atoms with E-state index in [1.54, 1.807) is 0 Å². The minimum Gasteiger partial charge on any atom is -0.471 e. The van der Waals surface area contributed by atoms with E-state index in [0.717, 1.165) is 36.7 Å². The summed E-state index contributed by atoms with van der Waals surface area (Å²) in [4.78, 5) is 11.8. The van der Waals surface area contributed by atoms with Crippen LogP contribution >= 0.6 is 0 Å². The summed E-state index contributed by atoms with van der Waals surface area (Å²) in [5.41, 5.74) is 3.33. The monoisotopic (exact) mass is 333 g/mol. The molecule has 0 saturated carbocycles. The van der Waals surface area contributed by atoms with Crippen molar-refractivity contribution in [2.45, 2.75) is 24.9 Å². The third kappa shape index (κ3) is 2.74. The van der Waals surface area contributed by atoms with Crippen molar-refractivity contribution in [3.8, 4) is 11.3 Å². The van der Waals surface area contributed by atoms with Gasteiger partial charge in [-0.15, -0.1) is 0 Å². The average Bonchev–Trinajstić information content (AvgIpc) is 3.05. The highest BCUT2D eigenvalue weighted by Gasteiger charge is 2.51. The van der Waals surface area contributed by atoms with Crippen LogP contribution in [0.1, 0.15) is 18.4 Å². The summed E-state index contributed by atoms with van der Waals surface area (Å²) >= 11 is 0. The van der Waals surface area contributed by atoms with Gasteiger partial charge in [-0.25, -0.2) is 0 Å². The lowest BCUT2D eigenvalue weighted by Gasteiger charge is -2.50. The maximum atomic E-state index is 6.46. The van der Waals surface area contributed by atoms with Gasteiger partial charge in [-0.2, -0.15) is 0 Å². The van der Waals surface area contributed by atoms with Crippen molar-refractivity contribution in [3.63, 3.8) is 0 Å². The van der Waals surface area contributed by atoms with Crippen LogP contribution < -0.4 is 0 Å². The van der Waals surface area contributed by atoms with Gasteiger partial charge in [0.1, 0.15) is 5.60 Å². The van der Waals surface area contributed by atoms with E-state index in [-0.39, 0.29) is 5.60 Å². The first-order chi connectivity index (χ1) is 12.3.